The second-order valence-corrected chi connectivity index (χ2v) is 6.14. The maximum absolute atomic E-state index is 12.5. The summed E-state index contributed by atoms with van der Waals surface area (Å²) in [6.45, 7) is 1.42. The fourth-order valence-corrected chi connectivity index (χ4v) is 3.62. The van der Waals surface area contributed by atoms with E-state index in [0.717, 1.165) is 32.2 Å². The van der Waals surface area contributed by atoms with E-state index in [9.17, 15) is 4.79 Å². The molecule has 0 spiro atoms. The number of rotatable bonds is 3. The average Bonchev–Trinajstić information content (AvgIpc) is 2.81. The van der Waals surface area contributed by atoms with Crippen molar-refractivity contribution in [2.75, 3.05) is 13.1 Å². The summed E-state index contributed by atoms with van der Waals surface area (Å²) in [5.74, 6) is 0.302. The Labute approximate surface area is 106 Å². The van der Waals surface area contributed by atoms with Gasteiger partial charge in [-0.1, -0.05) is 6.07 Å². The SMILES string of the molecule is NCC1(C(=O)N2CCCC2c2cccs2)CC1. The standard InChI is InChI=1S/C13H18N2OS/c14-9-13(5-6-13)12(16)15-7-1-3-10(15)11-4-2-8-17-11/h2,4,8,10H,1,3,5-7,9,14H2. The van der Waals surface area contributed by atoms with Gasteiger partial charge in [-0.2, -0.15) is 0 Å². The summed E-state index contributed by atoms with van der Waals surface area (Å²) in [4.78, 5) is 15.9. The fraction of sp³-hybridized carbons (Fsp3) is 0.615. The summed E-state index contributed by atoms with van der Waals surface area (Å²) in [7, 11) is 0. The van der Waals surface area contributed by atoms with Crippen LogP contribution in [0.1, 0.15) is 36.6 Å². The number of hydrogen-bond acceptors (Lipinski definition) is 3. The molecule has 3 nitrogen and oxygen atoms in total. The molecule has 2 heterocycles. The van der Waals surface area contributed by atoms with Gasteiger partial charge in [0.2, 0.25) is 5.91 Å². The highest BCUT2D eigenvalue weighted by Crippen LogP contribution is 2.49. The second kappa shape index (κ2) is 4.10. The zero-order valence-corrected chi connectivity index (χ0v) is 10.7. The van der Waals surface area contributed by atoms with E-state index in [1.165, 1.54) is 4.88 Å². The maximum Gasteiger partial charge on any atom is 0.230 e. The Balaban J connectivity index is 1.80. The van der Waals surface area contributed by atoms with Crippen molar-refractivity contribution in [1.82, 2.24) is 4.90 Å². The fourth-order valence-electron chi connectivity index (χ4n) is 2.75. The first-order valence-corrected chi connectivity index (χ1v) is 7.19. The first-order valence-electron chi connectivity index (χ1n) is 6.31. The van der Waals surface area contributed by atoms with Gasteiger partial charge in [-0.05, 0) is 37.1 Å². The Morgan fingerprint density at radius 1 is 1.59 bits per heavy atom. The van der Waals surface area contributed by atoms with E-state index in [-0.39, 0.29) is 5.41 Å². The highest BCUT2D eigenvalue weighted by Gasteiger charge is 2.52. The number of thiophene rings is 1. The van der Waals surface area contributed by atoms with Crippen LogP contribution in [0, 0.1) is 5.41 Å². The van der Waals surface area contributed by atoms with Crippen molar-refractivity contribution >= 4 is 17.2 Å². The van der Waals surface area contributed by atoms with E-state index in [2.05, 4.69) is 22.4 Å². The molecule has 17 heavy (non-hydrogen) atoms. The molecule has 2 aliphatic rings. The van der Waals surface area contributed by atoms with Crippen LogP contribution in [0.3, 0.4) is 0 Å². The van der Waals surface area contributed by atoms with Crippen molar-refractivity contribution in [2.45, 2.75) is 31.7 Å². The van der Waals surface area contributed by atoms with E-state index in [4.69, 9.17) is 5.73 Å². The molecule has 0 radical (unpaired) electrons. The number of carbonyl (C=O) groups excluding carboxylic acids is 1. The van der Waals surface area contributed by atoms with Gasteiger partial charge in [-0.25, -0.2) is 0 Å². The van der Waals surface area contributed by atoms with Crippen molar-refractivity contribution < 1.29 is 4.79 Å². The van der Waals surface area contributed by atoms with Crippen LogP contribution < -0.4 is 5.73 Å². The zero-order chi connectivity index (χ0) is 11.9. The number of carbonyl (C=O) groups is 1. The molecule has 92 valence electrons. The average molecular weight is 250 g/mol. The Hall–Kier alpha value is -0.870. The van der Waals surface area contributed by atoms with Crippen molar-refractivity contribution in [3.8, 4) is 0 Å². The lowest BCUT2D eigenvalue weighted by Gasteiger charge is -2.27. The molecular weight excluding hydrogens is 232 g/mol. The molecule has 1 aliphatic carbocycles. The third kappa shape index (κ3) is 1.79. The van der Waals surface area contributed by atoms with Gasteiger partial charge in [-0.3, -0.25) is 4.79 Å². The summed E-state index contributed by atoms with van der Waals surface area (Å²) in [6, 6.07) is 4.52. The summed E-state index contributed by atoms with van der Waals surface area (Å²) >= 11 is 1.75. The highest BCUT2D eigenvalue weighted by molar-refractivity contribution is 7.10. The van der Waals surface area contributed by atoms with Crippen LogP contribution in [0.4, 0.5) is 0 Å². The number of nitrogens with two attached hydrogens (primary N) is 1. The van der Waals surface area contributed by atoms with Gasteiger partial charge in [0, 0.05) is 18.0 Å². The van der Waals surface area contributed by atoms with Gasteiger partial charge in [0.15, 0.2) is 0 Å². The molecule has 1 saturated heterocycles. The van der Waals surface area contributed by atoms with Gasteiger partial charge >= 0.3 is 0 Å². The third-order valence-electron chi connectivity index (χ3n) is 4.08. The van der Waals surface area contributed by atoms with Gasteiger partial charge in [0.1, 0.15) is 0 Å². The largest absolute Gasteiger partial charge is 0.334 e. The van der Waals surface area contributed by atoms with E-state index in [1.807, 2.05) is 0 Å². The summed E-state index contributed by atoms with van der Waals surface area (Å²) in [6.07, 6.45) is 4.19. The zero-order valence-electron chi connectivity index (χ0n) is 9.89. The quantitative estimate of drug-likeness (QED) is 0.893. The number of nitrogens with zero attached hydrogens (tertiary/aromatic N) is 1. The molecule has 1 atom stereocenters. The lowest BCUT2D eigenvalue weighted by Crippen LogP contribution is -2.39. The normalized spacial score (nSPS) is 26.2. The van der Waals surface area contributed by atoms with Gasteiger partial charge in [-0.15, -0.1) is 11.3 Å². The minimum atomic E-state index is -0.195. The lowest BCUT2D eigenvalue weighted by molar-refractivity contribution is -0.137. The predicted octanol–water partition coefficient (Wildman–Crippen LogP) is 2.15. The molecule has 0 bridgehead atoms. The van der Waals surface area contributed by atoms with Crippen LogP contribution in [-0.2, 0) is 4.79 Å². The molecule has 3 rings (SSSR count). The van der Waals surface area contributed by atoms with Gasteiger partial charge < -0.3 is 10.6 Å². The molecular formula is C13H18N2OS. The minimum absolute atomic E-state index is 0.195. The molecule has 2 N–H and O–H groups in total. The molecule has 1 aliphatic heterocycles. The highest BCUT2D eigenvalue weighted by atomic mass is 32.1. The maximum atomic E-state index is 12.5. The summed E-state index contributed by atoms with van der Waals surface area (Å²) in [5, 5.41) is 2.09. The van der Waals surface area contributed by atoms with E-state index in [1.54, 1.807) is 11.3 Å². The molecule has 1 unspecified atom stereocenters. The van der Waals surface area contributed by atoms with E-state index in [0.29, 0.717) is 18.5 Å². The number of amides is 1. The molecule has 1 amide bonds. The van der Waals surface area contributed by atoms with Crippen LogP contribution in [-0.4, -0.2) is 23.9 Å². The Kier molecular flexibility index (Phi) is 2.71. The molecule has 2 fully saturated rings. The predicted molar refractivity (Wildman–Crippen MR) is 68.7 cm³/mol. The minimum Gasteiger partial charge on any atom is -0.334 e. The number of hydrogen-bond donors (Lipinski definition) is 1. The van der Waals surface area contributed by atoms with Crippen molar-refractivity contribution in [3.63, 3.8) is 0 Å². The molecule has 1 aromatic rings. The Morgan fingerprint density at radius 2 is 2.41 bits per heavy atom. The summed E-state index contributed by atoms with van der Waals surface area (Å²) < 4.78 is 0. The Morgan fingerprint density at radius 3 is 3.00 bits per heavy atom. The van der Waals surface area contributed by atoms with E-state index < -0.39 is 0 Å². The van der Waals surface area contributed by atoms with Crippen LogP contribution in [0.25, 0.3) is 0 Å². The monoisotopic (exact) mass is 250 g/mol. The van der Waals surface area contributed by atoms with Crippen molar-refractivity contribution in [2.24, 2.45) is 11.1 Å². The van der Waals surface area contributed by atoms with Crippen LogP contribution in [0.15, 0.2) is 17.5 Å². The van der Waals surface area contributed by atoms with Gasteiger partial charge in [0.05, 0.1) is 11.5 Å². The topological polar surface area (TPSA) is 46.3 Å². The molecule has 1 saturated carbocycles. The smallest absolute Gasteiger partial charge is 0.230 e. The van der Waals surface area contributed by atoms with Crippen LogP contribution >= 0.6 is 11.3 Å². The summed E-state index contributed by atoms with van der Waals surface area (Å²) in [5.41, 5.74) is 5.56. The molecule has 0 aromatic carbocycles. The number of likely N-dealkylation sites (tertiary alicyclic amines) is 1. The van der Waals surface area contributed by atoms with Crippen LogP contribution in [0.5, 0.6) is 0 Å². The van der Waals surface area contributed by atoms with Crippen molar-refractivity contribution in [3.05, 3.63) is 22.4 Å². The van der Waals surface area contributed by atoms with Crippen molar-refractivity contribution in [1.29, 1.82) is 0 Å². The second-order valence-electron chi connectivity index (χ2n) is 5.16. The van der Waals surface area contributed by atoms with E-state index >= 15 is 0 Å². The van der Waals surface area contributed by atoms with Crippen LogP contribution in [0.2, 0.25) is 0 Å². The molecule has 4 heteroatoms. The molecule has 1 aromatic heterocycles. The first kappa shape index (κ1) is 11.2. The Bertz CT molecular complexity index is 411. The van der Waals surface area contributed by atoms with Gasteiger partial charge in [0.25, 0.3) is 0 Å². The third-order valence-corrected chi connectivity index (χ3v) is 5.06. The lowest BCUT2D eigenvalue weighted by atomic mass is 10.0. The first-order chi connectivity index (χ1) is 8.27.